The summed E-state index contributed by atoms with van der Waals surface area (Å²) in [6.07, 6.45) is -4.73. The first-order chi connectivity index (χ1) is 12.8. The second-order valence-corrected chi connectivity index (χ2v) is 8.15. The van der Waals surface area contributed by atoms with E-state index in [0.717, 1.165) is 10.2 Å². The minimum atomic E-state index is -4.73. The van der Waals surface area contributed by atoms with Gasteiger partial charge in [0.25, 0.3) is 5.91 Å². The number of alkyl halides is 3. The van der Waals surface area contributed by atoms with Crippen molar-refractivity contribution in [2.45, 2.75) is 6.18 Å². The van der Waals surface area contributed by atoms with Gasteiger partial charge in [-0.3, -0.25) is 19.7 Å². The van der Waals surface area contributed by atoms with E-state index in [2.05, 4.69) is 15.4 Å². The fourth-order valence-corrected chi connectivity index (χ4v) is 5.16. The Morgan fingerprint density at radius 3 is 2.70 bits per heavy atom. The lowest BCUT2D eigenvalue weighted by Gasteiger charge is -2.23. The van der Waals surface area contributed by atoms with Gasteiger partial charge in [0, 0.05) is 18.1 Å². The average Bonchev–Trinajstić information content (AvgIpc) is 3.31. The number of nitrogens with zero attached hydrogens (tertiary/aromatic N) is 4. The summed E-state index contributed by atoms with van der Waals surface area (Å²) in [6.45, 7) is 0.881. The van der Waals surface area contributed by atoms with Gasteiger partial charge in [0.1, 0.15) is 5.70 Å². The molecule has 1 amide bonds. The molecule has 3 heterocycles. The molecule has 142 valence electrons. The van der Waals surface area contributed by atoms with Crippen molar-refractivity contribution in [1.82, 2.24) is 10.3 Å². The summed E-state index contributed by atoms with van der Waals surface area (Å²) < 4.78 is 41.1. The van der Waals surface area contributed by atoms with E-state index in [4.69, 9.17) is 11.6 Å². The summed E-state index contributed by atoms with van der Waals surface area (Å²) in [5.74, 6) is -0.914. The van der Waals surface area contributed by atoms with Crippen LogP contribution in [0.2, 0.25) is 5.02 Å². The van der Waals surface area contributed by atoms with Gasteiger partial charge in [-0.1, -0.05) is 11.6 Å². The zero-order valence-electron chi connectivity index (χ0n) is 13.5. The van der Waals surface area contributed by atoms with Crippen LogP contribution in [0.3, 0.4) is 0 Å². The number of amidine groups is 2. The third-order valence-electron chi connectivity index (χ3n) is 3.96. The Bertz CT molecular complexity index is 884. The number of hydrogen-bond donors (Lipinski definition) is 1. The zero-order chi connectivity index (χ0) is 19.2. The monoisotopic (exact) mass is 433 g/mol. The fraction of sp³-hybridized carbons (Fsp3) is 0.267. The predicted molar refractivity (Wildman–Crippen MR) is 102 cm³/mol. The first-order valence-electron chi connectivity index (χ1n) is 7.73. The molecule has 1 aromatic rings. The van der Waals surface area contributed by atoms with Gasteiger partial charge in [-0.15, -0.1) is 0 Å². The topological polar surface area (TPSA) is 60.3 Å². The van der Waals surface area contributed by atoms with Crippen LogP contribution in [0.1, 0.15) is 0 Å². The van der Waals surface area contributed by atoms with E-state index >= 15 is 0 Å². The number of aliphatic imine (C=N–C) groups is 2. The van der Waals surface area contributed by atoms with Gasteiger partial charge in [-0.25, -0.2) is 5.43 Å². The van der Waals surface area contributed by atoms with Crippen molar-refractivity contribution in [3.8, 4) is 0 Å². The van der Waals surface area contributed by atoms with Crippen LogP contribution in [0.25, 0.3) is 0 Å². The summed E-state index contributed by atoms with van der Waals surface area (Å²) >= 11 is 5.80. The number of benzene rings is 1. The Labute approximate surface area is 164 Å². The van der Waals surface area contributed by atoms with Gasteiger partial charge in [-0.05, 0) is 45.9 Å². The molecule has 0 radical (unpaired) electrons. The van der Waals surface area contributed by atoms with E-state index < -0.39 is 23.4 Å². The van der Waals surface area contributed by atoms with Crippen LogP contribution in [-0.4, -0.2) is 47.0 Å². The third kappa shape index (κ3) is 3.56. The summed E-state index contributed by atoms with van der Waals surface area (Å²) in [5, 5.41) is 2.34. The molecule has 1 fully saturated rings. The number of anilines is 1. The Morgan fingerprint density at radius 2 is 2.00 bits per heavy atom. The van der Waals surface area contributed by atoms with Crippen molar-refractivity contribution in [2.24, 2.45) is 9.98 Å². The number of nitrogens with one attached hydrogen (secondary N) is 1. The number of rotatable bonds is 2. The Hall–Kier alpha value is -1.69. The molecule has 0 saturated carbocycles. The minimum Gasteiger partial charge on any atom is -0.297 e. The molecule has 12 heteroatoms. The molecule has 1 saturated heterocycles. The lowest BCUT2D eigenvalue weighted by molar-refractivity contribution is -0.116. The molecule has 0 unspecified atom stereocenters. The molecule has 6 nitrogen and oxygen atoms in total. The number of hydrazine groups is 1. The molecule has 0 bridgehead atoms. The van der Waals surface area contributed by atoms with E-state index in [-0.39, 0.29) is 12.2 Å². The van der Waals surface area contributed by atoms with Crippen LogP contribution in [-0.2, 0) is 4.79 Å². The van der Waals surface area contributed by atoms with Crippen LogP contribution in [0.5, 0.6) is 0 Å². The number of allylic oxidation sites excluding steroid dienone is 1. The number of hydrogen-bond acceptors (Lipinski definition) is 6. The molecule has 27 heavy (non-hydrogen) atoms. The highest BCUT2D eigenvalue weighted by Gasteiger charge is 2.46. The molecule has 3 aliphatic rings. The third-order valence-corrected chi connectivity index (χ3v) is 6.39. The number of halogens is 4. The van der Waals surface area contributed by atoms with Crippen molar-refractivity contribution >= 4 is 55.1 Å². The summed E-state index contributed by atoms with van der Waals surface area (Å²) in [6, 6.07) is 5.84. The molecule has 3 aliphatic heterocycles. The Kier molecular flexibility index (Phi) is 4.87. The zero-order valence-corrected chi connectivity index (χ0v) is 15.8. The number of amides is 1. The standard InChI is InChI=1S/C15H11ClF3N5OS2/c16-8-1-3-9(4-2-8)24-11(15(17,18)19)10(7-21-24)12(25)22-14-23-6-5-20-13(23)26-27-14/h1-4,21H,5-7H2. The van der Waals surface area contributed by atoms with Gasteiger partial charge in [0.15, 0.2) is 10.3 Å². The van der Waals surface area contributed by atoms with E-state index in [0.29, 0.717) is 23.3 Å². The lowest BCUT2D eigenvalue weighted by Crippen LogP contribution is -2.36. The lowest BCUT2D eigenvalue weighted by atomic mass is 10.2. The number of fused-ring (bicyclic) bond motifs is 1. The van der Waals surface area contributed by atoms with Gasteiger partial charge in [-0.2, -0.15) is 18.2 Å². The molecule has 0 aromatic heterocycles. The van der Waals surface area contributed by atoms with E-state index in [1.165, 1.54) is 45.9 Å². The highest BCUT2D eigenvalue weighted by Crippen LogP contribution is 2.40. The van der Waals surface area contributed by atoms with E-state index in [9.17, 15) is 18.0 Å². The van der Waals surface area contributed by atoms with Gasteiger partial charge in [0.2, 0.25) is 0 Å². The van der Waals surface area contributed by atoms with Crippen molar-refractivity contribution < 1.29 is 18.0 Å². The minimum absolute atomic E-state index is 0.224. The molecular weight excluding hydrogens is 423 g/mol. The van der Waals surface area contributed by atoms with Crippen LogP contribution in [0, 0.1) is 0 Å². The Balaban J connectivity index is 1.68. The van der Waals surface area contributed by atoms with Crippen LogP contribution < -0.4 is 10.4 Å². The quantitative estimate of drug-likeness (QED) is 0.721. The summed E-state index contributed by atoms with van der Waals surface area (Å²) in [5.41, 5.74) is 1.34. The van der Waals surface area contributed by atoms with Gasteiger partial charge >= 0.3 is 6.18 Å². The highest BCUT2D eigenvalue weighted by atomic mass is 35.5. The summed E-state index contributed by atoms with van der Waals surface area (Å²) in [4.78, 5) is 22.5. The predicted octanol–water partition coefficient (Wildman–Crippen LogP) is 3.43. The molecule has 1 aromatic carbocycles. The van der Waals surface area contributed by atoms with Gasteiger partial charge in [0.05, 0.1) is 17.8 Å². The van der Waals surface area contributed by atoms with Crippen molar-refractivity contribution in [2.75, 3.05) is 24.6 Å². The largest absolute Gasteiger partial charge is 0.433 e. The number of carbonyl (C=O) groups excluding carboxylic acids is 1. The smallest absolute Gasteiger partial charge is 0.297 e. The second-order valence-electron chi connectivity index (χ2n) is 5.65. The van der Waals surface area contributed by atoms with Crippen molar-refractivity contribution in [1.29, 1.82) is 0 Å². The molecular formula is C15H11ClF3N5OS2. The molecule has 4 rings (SSSR count). The molecule has 0 aliphatic carbocycles. The summed E-state index contributed by atoms with van der Waals surface area (Å²) in [7, 11) is 2.56. The van der Waals surface area contributed by atoms with Crippen molar-refractivity contribution in [3.63, 3.8) is 0 Å². The second kappa shape index (κ2) is 7.04. The maximum Gasteiger partial charge on any atom is 0.433 e. The van der Waals surface area contributed by atoms with Crippen molar-refractivity contribution in [3.05, 3.63) is 40.6 Å². The van der Waals surface area contributed by atoms with Gasteiger partial charge < -0.3 is 0 Å². The average molecular weight is 434 g/mol. The molecule has 1 N–H and O–H groups in total. The van der Waals surface area contributed by atoms with Crippen LogP contribution >= 0.6 is 33.2 Å². The Morgan fingerprint density at radius 1 is 1.26 bits per heavy atom. The van der Waals surface area contributed by atoms with E-state index in [1.54, 1.807) is 4.90 Å². The first kappa shape index (κ1) is 18.7. The molecule has 0 atom stereocenters. The SMILES string of the molecule is O=C(N=C1SSC2=NCCN21)C1=C(C(F)(F)F)N(c2ccc(Cl)cc2)NC1. The normalized spacial score (nSPS) is 21.3. The fourth-order valence-electron chi connectivity index (χ4n) is 2.77. The molecule has 0 spiro atoms. The van der Waals surface area contributed by atoms with E-state index in [1.807, 2.05) is 0 Å². The first-order valence-corrected chi connectivity index (χ1v) is 10.3. The maximum absolute atomic E-state index is 13.7. The highest BCUT2D eigenvalue weighted by molar-refractivity contribution is 8.88. The van der Waals surface area contributed by atoms with Crippen LogP contribution in [0.15, 0.2) is 45.5 Å². The maximum atomic E-state index is 13.7. The van der Waals surface area contributed by atoms with Crippen LogP contribution in [0.4, 0.5) is 18.9 Å². The number of carbonyl (C=O) groups is 1.